The predicted molar refractivity (Wildman–Crippen MR) is 94.0 cm³/mol. The van der Waals surface area contributed by atoms with Gasteiger partial charge >= 0.3 is 6.18 Å². The summed E-state index contributed by atoms with van der Waals surface area (Å²) in [5.41, 5.74) is -1.48. The topological polar surface area (TPSA) is 88.4 Å². The summed E-state index contributed by atoms with van der Waals surface area (Å²) >= 11 is 5.64. The Kier molecular flexibility index (Phi) is 5.89. The molecule has 2 rings (SSSR count). The number of halogens is 4. The molecule has 0 saturated carbocycles. The molecule has 0 unspecified atom stereocenters. The van der Waals surface area contributed by atoms with Crippen LogP contribution in [0.2, 0.25) is 5.02 Å². The third-order valence-electron chi connectivity index (χ3n) is 3.54. The van der Waals surface area contributed by atoms with E-state index in [-0.39, 0.29) is 18.1 Å². The van der Waals surface area contributed by atoms with E-state index in [1.807, 2.05) is 0 Å². The van der Waals surface area contributed by atoms with Crippen molar-refractivity contribution < 1.29 is 22.9 Å². The van der Waals surface area contributed by atoms with Crippen molar-refractivity contribution in [3.63, 3.8) is 0 Å². The monoisotopic (exact) mass is 402 g/mol. The summed E-state index contributed by atoms with van der Waals surface area (Å²) in [4.78, 5) is 27.4. The van der Waals surface area contributed by atoms with Crippen LogP contribution in [0.15, 0.2) is 30.5 Å². The molecule has 0 radical (unpaired) electrons. The van der Waals surface area contributed by atoms with Gasteiger partial charge in [-0.1, -0.05) is 11.6 Å². The largest absolute Gasteiger partial charge is 0.418 e. The van der Waals surface area contributed by atoms with Gasteiger partial charge in [-0.15, -0.1) is 0 Å². The summed E-state index contributed by atoms with van der Waals surface area (Å²) in [7, 11) is 1.33. The van der Waals surface area contributed by atoms with Crippen molar-refractivity contribution in [1.82, 2.24) is 4.98 Å². The highest BCUT2D eigenvalue weighted by molar-refractivity contribution is 6.31. The van der Waals surface area contributed by atoms with Crippen LogP contribution >= 0.6 is 11.6 Å². The van der Waals surface area contributed by atoms with Crippen molar-refractivity contribution in [2.45, 2.75) is 13.1 Å². The van der Waals surface area contributed by atoms with Crippen LogP contribution in [0.3, 0.4) is 0 Å². The number of benzene rings is 1. The molecule has 0 aliphatic carbocycles. The van der Waals surface area contributed by atoms with Gasteiger partial charge in [-0.3, -0.25) is 14.9 Å². The number of hydrogen-bond acceptors (Lipinski definition) is 5. The molecule has 2 aromatic rings. The van der Waals surface area contributed by atoms with Crippen molar-refractivity contribution in [2.75, 3.05) is 23.8 Å². The Balaban J connectivity index is 2.27. The Bertz CT molecular complexity index is 890. The smallest absolute Gasteiger partial charge is 0.360 e. The summed E-state index contributed by atoms with van der Waals surface area (Å²) < 4.78 is 38.8. The van der Waals surface area contributed by atoms with Crippen molar-refractivity contribution in [3.05, 3.63) is 56.7 Å². The molecule has 0 aliphatic heterocycles. The number of carbonyl (C=O) groups excluding carboxylic acids is 1. The van der Waals surface area contributed by atoms with Crippen molar-refractivity contribution in [2.24, 2.45) is 0 Å². The van der Waals surface area contributed by atoms with Gasteiger partial charge in [0.05, 0.1) is 22.1 Å². The number of pyridine rings is 1. The van der Waals surface area contributed by atoms with E-state index in [0.717, 1.165) is 16.5 Å². The molecule has 0 bridgehead atoms. The summed E-state index contributed by atoms with van der Waals surface area (Å²) in [6.45, 7) is 1.44. The number of rotatable bonds is 5. The number of aromatic nitrogens is 1. The van der Waals surface area contributed by atoms with Gasteiger partial charge < -0.3 is 10.2 Å². The first-order valence-corrected chi connectivity index (χ1v) is 7.85. The number of anilines is 2. The molecule has 1 aromatic heterocycles. The normalized spacial score (nSPS) is 11.2. The summed E-state index contributed by atoms with van der Waals surface area (Å²) in [5.74, 6) is -0.269. The Morgan fingerprint density at radius 3 is 2.59 bits per heavy atom. The van der Waals surface area contributed by atoms with Gasteiger partial charge in [-0.2, -0.15) is 13.2 Å². The number of nitro benzene ring substituents is 1. The average Bonchev–Trinajstić information content (AvgIpc) is 2.52. The van der Waals surface area contributed by atoms with Gasteiger partial charge in [0.15, 0.2) is 0 Å². The molecule has 1 N–H and O–H groups in total. The molecule has 11 heteroatoms. The van der Waals surface area contributed by atoms with Gasteiger partial charge in [-0.25, -0.2) is 4.98 Å². The second-order valence-electron chi connectivity index (χ2n) is 5.70. The second-order valence-corrected chi connectivity index (χ2v) is 6.11. The summed E-state index contributed by atoms with van der Waals surface area (Å²) in [6, 6.07) is 4.53. The first-order valence-electron chi connectivity index (χ1n) is 7.48. The highest BCUT2D eigenvalue weighted by atomic mass is 35.5. The van der Waals surface area contributed by atoms with Gasteiger partial charge in [0, 0.05) is 19.3 Å². The molecule has 1 amide bonds. The SMILES string of the molecule is Cc1ccnc(NC(=O)CN(C)c2cc(Cl)c(C(F)(F)F)cc2[N+](=O)[O-])c1. The van der Waals surface area contributed by atoms with Crippen LogP contribution in [-0.4, -0.2) is 29.4 Å². The second kappa shape index (κ2) is 7.78. The molecule has 0 spiro atoms. The van der Waals surface area contributed by atoms with E-state index in [0.29, 0.717) is 6.07 Å². The van der Waals surface area contributed by atoms with Crippen LogP contribution in [0.4, 0.5) is 30.4 Å². The number of nitrogens with zero attached hydrogens (tertiary/aromatic N) is 3. The highest BCUT2D eigenvalue weighted by Gasteiger charge is 2.36. The zero-order chi connectivity index (χ0) is 20.4. The van der Waals surface area contributed by atoms with E-state index in [4.69, 9.17) is 11.6 Å². The Labute approximate surface area is 156 Å². The molecule has 1 aromatic carbocycles. The lowest BCUT2D eigenvalue weighted by Gasteiger charge is -2.20. The van der Waals surface area contributed by atoms with E-state index in [2.05, 4.69) is 10.3 Å². The maximum Gasteiger partial charge on any atom is 0.418 e. The standard InChI is InChI=1S/C16H14ClF3N4O3/c1-9-3-4-21-14(5-9)22-15(25)8-23(2)12-7-11(17)10(16(18,19)20)6-13(12)24(26)27/h3-7H,8H2,1-2H3,(H,21,22,25). The lowest BCUT2D eigenvalue weighted by atomic mass is 10.1. The quantitative estimate of drug-likeness (QED) is 0.602. The molecule has 27 heavy (non-hydrogen) atoms. The summed E-state index contributed by atoms with van der Waals surface area (Å²) in [5, 5.41) is 13.0. The van der Waals surface area contributed by atoms with Crippen LogP contribution < -0.4 is 10.2 Å². The van der Waals surface area contributed by atoms with Gasteiger partial charge in [0.25, 0.3) is 5.69 Å². The maximum absolute atomic E-state index is 12.9. The molecule has 144 valence electrons. The van der Waals surface area contributed by atoms with E-state index in [1.54, 1.807) is 19.1 Å². The molecule has 0 atom stereocenters. The van der Waals surface area contributed by atoms with Crippen LogP contribution in [0.25, 0.3) is 0 Å². The number of aryl methyl sites for hydroxylation is 1. The lowest BCUT2D eigenvalue weighted by molar-refractivity contribution is -0.384. The fourth-order valence-electron chi connectivity index (χ4n) is 2.31. The minimum Gasteiger partial charge on any atom is -0.360 e. The number of carbonyl (C=O) groups is 1. The van der Waals surface area contributed by atoms with Crippen LogP contribution in [-0.2, 0) is 11.0 Å². The zero-order valence-electron chi connectivity index (χ0n) is 14.2. The average molecular weight is 403 g/mol. The van der Waals surface area contributed by atoms with E-state index in [1.165, 1.54) is 13.2 Å². The van der Waals surface area contributed by atoms with E-state index < -0.39 is 33.3 Å². The predicted octanol–water partition coefficient (Wildman–Crippen LogP) is 4.05. The Hall–Kier alpha value is -2.88. The van der Waals surface area contributed by atoms with Gasteiger partial charge in [0.1, 0.15) is 11.5 Å². The zero-order valence-corrected chi connectivity index (χ0v) is 14.9. The van der Waals surface area contributed by atoms with Crippen molar-refractivity contribution in [3.8, 4) is 0 Å². The molecular weight excluding hydrogens is 389 g/mol. The van der Waals surface area contributed by atoms with Crippen LogP contribution in [0.1, 0.15) is 11.1 Å². The number of amides is 1. The third kappa shape index (κ3) is 5.07. The number of hydrogen-bond donors (Lipinski definition) is 1. The fraction of sp³-hybridized carbons (Fsp3) is 0.250. The van der Waals surface area contributed by atoms with Crippen LogP contribution in [0.5, 0.6) is 0 Å². The van der Waals surface area contributed by atoms with E-state index >= 15 is 0 Å². The lowest BCUT2D eigenvalue weighted by Crippen LogP contribution is -2.31. The third-order valence-corrected chi connectivity index (χ3v) is 3.85. The molecule has 7 nitrogen and oxygen atoms in total. The van der Waals surface area contributed by atoms with E-state index in [9.17, 15) is 28.1 Å². The molecule has 0 saturated heterocycles. The van der Waals surface area contributed by atoms with Crippen molar-refractivity contribution >= 4 is 34.7 Å². The Morgan fingerprint density at radius 2 is 2.04 bits per heavy atom. The highest BCUT2D eigenvalue weighted by Crippen LogP contribution is 2.41. The Morgan fingerprint density at radius 1 is 1.37 bits per heavy atom. The number of nitro groups is 1. The molecule has 0 aliphatic rings. The summed E-state index contributed by atoms with van der Waals surface area (Å²) in [6.07, 6.45) is -3.34. The first-order chi connectivity index (χ1) is 12.5. The molecule has 1 heterocycles. The minimum atomic E-state index is -4.84. The molecule has 0 fully saturated rings. The van der Waals surface area contributed by atoms with Crippen LogP contribution in [0, 0.1) is 17.0 Å². The number of alkyl halides is 3. The van der Waals surface area contributed by atoms with Crippen molar-refractivity contribution in [1.29, 1.82) is 0 Å². The van der Waals surface area contributed by atoms with Gasteiger partial charge in [0.2, 0.25) is 5.91 Å². The van der Waals surface area contributed by atoms with Gasteiger partial charge in [-0.05, 0) is 30.7 Å². The fourth-order valence-corrected chi connectivity index (χ4v) is 2.57. The number of likely N-dealkylation sites (N-methyl/N-ethyl adjacent to an activating group) is 1. The minimum absolute atomic E-state index is 0.217. The molecular formula is C16H14ClF3N4O3. The maximum atomic E-state index is 12.9. The first kappa shape index (κ1) is 20.4. The number of nitrogens with one attached hydrogen (secondary N) is 1.